The zero-order valence-electron chi connectivity index (χ0n) is 15.9. The summed E-state index contributed by atoms with van der Waals surface area (Å²) in [6.07, 6.45) is 7.58. The minimum atomic E-state index is -0.131. The molecule has 0 saturated heterocycles. The van der Waals surface area contributed by atoms with Crippen molar-refractivity contribution in [3.8, 4) is 0 Å². The highest BCUT2D eigenvalue weighted by molar-refractivity contribution is 7.11. The van der Waals surface area contributed by atoms with E-state index >= 15 is 0 Å². The molecule has 0 unspecified atom stereocenters. The van der Waals surface area contributed by atoms with Crippen LogP contribution < -0.4 is 5.32 Å². The Morgan fingerprint density at radius 1 is 1.31 bits per heavy atom. The van der Waals surface area contributed by atoms with Crippen LogP contribution in [0.1, 0.15) is 36.9 Å². The first kappa shape index (κ1) is 19.5. The van der Waals surface area contributed by atoms with Crippen LogP contribution in [0, 0.1) is 6.92 Å². The number of hydrogen-bond acceptors (Lipinski definition) is 6. The van der Waals surface area contributed by atoms with Gasteiger partial charge in [0.2, 0.25) is 5.91 Å². The Balaban J connectivity index is 1.45. The molecule has 0 atom stereocenters. The average Bonchev–Trinajstić information content (AvgIpc) is 3.44. The maximum atomic E-state index is 12.6. The van der Waals surface area contributed by atoms with Crippen molar-refractivity contribution in [3.63, 3.8) is 0 Å². The molecule has 3 aromatic rings. The summed E-state index contributed by atoms with van der Waals surface area (Å²) < 4.78 is 0. The fraction of sp³-hybridized carbons (Fsp3) is 0.238. The van der Waals surface area contributed by atoms with Crippen molar-refractivity contribution in [2.75, 3.05) is 6.54 Å². The number of rotatable bonds is 5. The van der Waals surface area contributed by atoms with Crippen molar-refractivity contribution >= 4 is 40.6 Å². The third-order valence-electron chi connectivity index (χ3n) is 4.91. The molecule has 1 aliphatic rings. The van der Waals surface area contributed by atoms with E-state index in [2.05, 4.69) is 15.3 Å². The van der Waals surface area contributed by atoms with Crippen molar-refractivity contribution in [2.45, 2.75) is 26.4 Å². The largest absolute Gasteiger partial charge is 0.348 e. The molecule has 8 heteroatoms. The molecule has 0 radical (unpaired) electrons. The molecular formula is C21H20N4O2S2. The monoisotopic (exact) mass is 424 g/mol. The van der Waals surface area contributed by atoms with Crippen molar-refractivity contribution in [1.82, 2.24) is 20.2 Å². The molecule has 2 amide bonds. The molecule has 0 saturated carbocycles. The first-order valence-electron chi connectivity index (χ1n) is 9.25. The number of thiazole rings is 1. The summed E-state index contributed by atoms with van der Waals surface area (Å²) in [4.78, 5) is 36.8. The van der Waals surface area contributed by atoms with Gasteiger partial charge < -0.3 is 10.2 Å². The van der Waals surface area contributed by atoms with Crippen LogP contribution in [0.4, 0.5) is 0 Å². The Kier molecular flexibility index (Phi) is 5.82. The maximum absolute atomic E-state index is 12.6. The molecule has 0 fully saturated rings. The van der Waals surface area contributed by atoms with Crippen molar-refractivity contribution in [2.24, 2.45) is 0 Å². The molecule has 29 heavy (non-hydrogen) atoms. The summed E-state index contributed by atoms with van der Waals surface area (Å²) in [6.45, 7) is 3.56. The third-order valence-corrected chi connectivity index (χ3v) is 6.51. The molecule has 4 rings (SSSR count). The van der Waals surface area contributed by atoms with Gasteiger partial charge in [-0.15, -0.1) is 22.7 Å². The van der Waals surface area contributed by atoms with E-state index < -0.39 is 0 Å². The number of carbonyl (C=O) groups excluding carboxylic acids is 2. The van der Waals surface area contributed by atoms with Crippen LogP contribution in [-0.2, 0) is 24.3 Å². The topological polar surface area (TPSA) is 75.2 Å². The molecule has 0 aromatic carbocycles. The van der Waals surface area contributed by atoms with Crippen LogP contribution in [0.15, 0.2) is 41.5 Å². The first-order valence-corrected chi connectivity index (χ1v) is 11.0. The zero-order chi connectivity index (χ0) is 20.2. The van der Waals surface area contributed by atoms with Crippen LogP contribution >= 0.6 is 22.7 Å². The molecule has 0 bridgehead atoms. The van der Waals surface area contributed by atoms with Gasteiger partial charge in [-0.25, -0.2) is 0 Å². The SMILES string of the molecule is Cc1ncc2c(c1CNC(=O)C=Cc1cccs1)CCN(C(=O)c1cncs1)C2. The lowest BCUT2D eigenvalue weighted by Crippen LogP contribution is -2.36. The van der Waals surface area contributed by atoms with Crippen LogP contribution in [0.25, 0.3) is 6.08 Å². The second kappa shape index (κ2) is 8.67. The quantitative estimate of drug-likeness (QED) is 0.637. The number of nitrogens with zero attached hydrogens (tertiary/aromatic N) is 3. The van der Waals surface area contributed by atoms with E-state index in [4.69, 9.17) is 0 Å². The van der Waals surface area contributed by atoms with Crippen molar-refractivity contribution in [3.05, 3.63) is 73.6 Å². The predicted molar refractivity (Wildman–Crippen MR) is 115 cm³/mol. The van der Waals surface area contributed by atoms with Gasteiger partial charge in [-0.1, -0.05) is 6.07 Å². The lowest BCUT2D eigenvalue weighted by atomic mass is 9.94. The van der Waals surface area contributed by atoms with Gasteiger partial charge in [0, 0.05) is 42.5 Å². The highest BCUT2D eigenvalue weighted by Crippen LogP contribution is 2.25. The summed E-state index contributed by atoms with van der Waals surface area (Å²) in [7, 11) is 0. The van der Waals surface area contributed by atoms with Gasteiger partial charge in [0.05, 0.1) is 11.7 Å². The maximum Gasteiger partial charge on any atom is 0.265 e. The molecule has 6 nitrogen and oxygen atoms in total. The Morgan fingerprint density at radius 3 is 2.97 bits per heavy atom. The molecular weight excluding hydrogens is 404 g/mol. The van der Waals surface area contributed by atoms with E-state index in [9.17, 15) is 9.59 Å². The standard InChI is InChI=1S/C21H20N4O2S2/c1-14-18(10-24-20(26)5-4-16-3-2-8-28-16)17-6-7-25(12-15(17)9-23-14)21(27)19-11-22-13-29-19/h2-5,8-9,11,13H,6-7,10,12H2,1H3,(H,24,26). The number of amides is 2. The van der Waals surface area contributed by atoms with E-state index in [0.29, 0.717) is 24.5 Å². The minimum absolute atomic E-state index is 0.00675. The van der Waals surface area contributed by atoms with Gasteiger partial charge in [0.1, 0.15) is 4.88 Å². The molecule has 1 aliphatic heterocycles. The van der Waals surface area contributed by atoms with Gasteiger partial charge >= 0.3 is 0 Å². The van der Waals surface area contributed by atoms with Gasteiger partial charge in [-0.3, -0.25) is 19.6 Å². The summed E-state index contributed by atoms with van der Waals surface area (Å²) in [5.74, 6) is -0.125. The Morgan fingerprint density at radius 2 is 2.21 bits per heavy atom. The molecule has 1 N–H and O–H groups in total. The Labute approximate surface area is 176 Å². The minimum Gasteiger partial charge on any atom is -0.348 e. The molecule has 0 aliphatic carbocycles. The Bertz CT molecular complexity index is 1040. The smallest absolute Gasteiger partial charge is 0.265 e. The average molecular weight is 425 g/mol. The lowest BCUT2D eigenvalue weighted by molar-refractivity contribution is -0.116. The summed E-state index contributed by atoms with van der Waals surface area (Å²) in [5, 5.41) is 4.94. The number of hydrogen-bond donors (Lipinski definition) is 1. The summed E-state index contributed by atoms with van der Waals surface area (Å²) in [6, 6.07) is 3.92. The van der Waals surface area contributed by atoms with E-state index in [-0.39, 0.29) is 11.8 Å². The van der Waals surface area contributed by atoms with Gasteiger partial charge in [0.25, 0.3) is 5.91 Å². The van der Waals surface area contributed by atoms with Gasteiger partial charge in [-0.05, 0) is 47.6 Å². The fourth-order valence-electron chi connectivity index (χ4n) is 3.39. The number of aromatic nitrogens is 2. The van der Waals surface area contributed by atoms with E-state index in [1.807, 2.05) is 41.6 Å². The fourth-order valence-corrected chi connectivity index (χ4v) is 4.59. The molecule has 4 heterocycles. The lowest BCUT2D eigenvalue weighted by Gasteiger charge is -2.30. The number of aryl methyl sites for hydroxylation is 1. The number of nitrogens with one attached hydrogen (secondary N) is 1. The van der Waals surface area contributed by atoms with Crippen LogP contribution in [0.2, 0.25) is 0 Å². The van der Waals surface area contributed by atoms with Crippen LogP contribution in [0.3, 0.4) is 0 Å². The molecule has 3 aromatic heterocycles. The highest BCUT2D eigenvalue weighted by Gasteiger charge is 2.25. The molecule has 148 valence electrons. The van der Waals surface area contributed by atoms with Gasteiger partial charge in [0.15, 0.2) is 0 Å². The van der Waals surface area contributed by atoms with E-state index in [0.717, 1.165) is 28.1 Å². The molecule has 0 spiro atoms. The number of carbonyl (C=O) groups is 2. The highest BCUT2D eigenvalue weighted by atomic mass is 32.1. The van der Waals surface area contributed by atoms with Crippen LogP contribution in [-0.4, -0.2) is 33.2 Å². The number of thiophene rings is 1. The van der Waals surface area contributed by atoms with E-state index in [1.165, 1.54) is 16.9 Å². The number of fused-ring (bicyclic) bond motifs is 1. The summed E-state index contributed by atoms with van der Waals surface area (Å²) >= 11 is 2.94. The number of pyridine rings is 1. The van der Waals surface area contributed by atoms with Crippen molar-refractivity contribution < 1.29 is 9.59 Å². The van der Waals surface area contributed by atoms with Crippen molar-refractivity contribution in [1.29, 1.82) is 0 Å². The second-order valence-corrected chi connectivity index (χ2v) is 8.60. The van der Waals surface area contributed by atoms with E-state index in [1.54, 1.807) is 29.1 Å². The zero-order valence-corrected chi connectivity index (χ0v) is 17.6. The Hall–Kier alpha value is -2.84. The first-order chi connectivity index (χ1) is 14.1. The summed E-state index contributed by atoms with van der Waals surface area (Å²) in [5.41, 5.74) is 5.86. The predicted octanol–water partition coefficient (Wildman–Crippen LogP) is 3.44. The van der Waals surface area contributed by atoms with Gasteiger partial charge in [-0.2, -0.15) is 0 Å². The van der Waals surface area contributed by atoms with Crippen LogP contribution in [0.5, 0.6) is 0 Å². The third kappa shape index (κ3) is 4.44. The second-order valence-electron chi connectivity index (χ2n) is 6.73. The normalized spacial score (nSPS) is 13.5.